The van der Waals surface area contributed by atoms with E-state index < -0.39 is 4.92 Å². The van der Waals surface area contributed by atoms with E-state index in [1.165, 1.54) is 12.1 Å². The number of hydrogen-bond acceptors (Lipinski definition) is 5. The molecule has 2 fully saturated rings. The van der Waals surface area contributed by atoms with Gasteiger partial charge in [-0.3, -0.25) is 19.6 Å². The Labute approximate surface area is 157 Å². The fourth-order valence-electron chi connectivity index (χ4n) is 3.58. The van der Waals surface area contributed by atoms with E-state index in [4.69, 9.17) is 0 Å². The molecular weight excluding hydrogens is 346 g/mol. The van der Waals surface area contributed by atoms with Gasteiger partial charge in [0.25, 0.3) is 11.6 Å². The summed E-state index contributed by atoms with van der Waals surface area (Å²) in [5, 5.41) is 18.9. The third-order valence-electron chi connectivity index (χ3n) is 5.20. The van der Waals surface area contributed by atoms with Gasteiger partial charge in [-0.15, -0.1) is 0 Å². The summed E-state index contributed by atoms with van der Waals surface area (Å²) < 4.78 is 1.89. The lowest BCUT2D eigenvalue weighted by Gasteiger charge is -2.23. The molecule has 27 heavy (non-hydrogen) atoms. The lowest BCUT2D eigenvalue weighted by molar-refractivity contribution is -0.384. The first kappa shape index (κ1) is 17.7. The van der Waals surface area contributed by atoms with Gasteiger partial charge in [0.15, 0.2) is 0 Å². The van der Waals surface area contributed by atoms with Crippen LogP contribution in [-0.4, -0.2) is 44.6 Å². The number of piperidine rings is 1. The van der Waals surface area contributed by atoms with Crippen LogP contribution >= 0.6 is 0 Å². The average Bonchev–Trinajstić information content (AvgIpc) is 3.42. The molecule has 1 atom stereocenters. The molecule has 1 N–H and O–H groups in total. The molecule has 0 spiro atoms. The molecule has 8 nitrogen and oxygen atoms in total. The maximum absolute atomic E-state index is 13.0. The standard InChI is InChI=1S/C19H23N5O3/c25-19(18-8-10-23(21-18)17-5-2-9-20-12-17)22(15-6-7-15)13-14-3-1-4-16(11-14)24(26)27/h1,3-4,8,10-11,15,17,20H,2,5-7,9,12-13H2. The summed E-state index contributed by atoms with van der Waals surface area (Å²) in [7, 11) is 0. The molecule has 1 aliphatic carbocycles. The number of amides is 1. The van der Waals surface area contributed by atoms with Crippen molar-refractivity contribution in [2.45, 2.75) is 44.3 Å². The summed E-state index contributed by atoms with van der Waals surface area (Å²) >= 11 is 0. The Kier molecular flexibility index (Phi) is 4.89. The average molecular weight is 369 g/mol. The van der Waals surface area contributed by atoms with Crippen molar-refractivity contribution in [1.82, 2.24) is 20.0 Å². The molecule has 142 valence electrons. The van der Waals surface area contributed by atoms with Crippen molar-refractivity contribution in [2.24, 2.45) is 0 Å². The van der Waals surface area contributed by atoms with Crippen molar-refractivity contribution in [2.75, 3.05) is 13.1 Å². The molecular formula is C19H23N5O3. The molecule has 2 aliphatic rings. The normalized spacial score (nSPS) is 19.6. The third kappa shape index (κ3) is 4.00. The van der Waals surface area contributed by atoms with Crippen LogP contribution in [-0.2, 0) is 6.54 Å². The molecule has 1 aromatic carbocycles. The van der Waals surface area contributed by atoms with Gasteiger partial charge in [0, 0.05) is 37.5 Å². The topological polar surface area (TPSA) is 93.3 Å². The number of nitro groups is 1. The van der Waals surface area contributed by atoms with Gasteiger partial charge in [-0.2, -0.15) is 5.10 Å². The number of benzene rings is 1. The van der Waals surface area contributed by atoms with Crippen LogP contribution in [0.3, 0.4) is 0 Å². The summed E-state index contributed by atoms with van der Waals surface area (Å²) in [5.41, 5.74) is 1.25. The quantitative estimate of drug-likeness (QED) is 0.624. The number of non-ortho nitro benzene ring substituents is 1. The van der Waals surface area contributed by atoms with Gasteiger partial charge in [-0.05, 0) is 43.9 Å². The summed E-state index contributed by atoms with van der Waals surface area (Å²) in [6, 6.07) is 8.74. The maximum Gasteiger partial charge on any atom is 0.274 e. The van der Waals surface area contributed by atoms with Gasteiger partial charge >= 0.3 is 0 Å². The van der Waals surface area contributed by atoms with Crippen molar-refractivity contribution < 1.29 is 9.72 Å². The first-order chi connectivity index (χ1) is 13.1. The van der Waals surface area contributed by atoms with E-state index >= 15 is 0 Å². The van der Waals surface area contributed by atoms with Crippen LogP contribution in [0.15, 0.2) is 36.5 Å². The minimum atomic E-state index is -0.410. The van der Waals surface area contributed by atoms with Crippen molar-refractivity contribution >= 4 is 11.6 Å². The van der Waals surface area contributed by atoms with Crippen molar-refractivity contribution in [3.05, 3.63) is 57.9 Å². The Morgan fingerprint density at radius 3 is 2.89 bits per heavy atom. The smallest absolute Gasteiger partial charge is 0.274 e. The molecule has 2 aromatic rings. The lowest BCUT2D eigenvalue weighted by atomic mass is 10.1. The van der Waals surface area contributed by atoms with Crippen LogP contribution in [0, 0.1) is 10.1 Å². The van der Waals surface area contributed by atoms with Crippen molar-refractivity contribution in [1.29, 1.82) is 0 Å². The highest BCUT2D eigenvalue weighted by Crippen LogP contribution is 2.30. The molecule has 0 bridgehead atoms. The maximum atomic E-state index is 13.0. The minimum absolute atomic E-state index is 0.0461. The molecule has 1 saturated heterocycles. The highest BCUT2D eigenvalue weighted by Gasteiger charge is 2.34. The number of rotatable bonds is 6. The number of nitrogens with one attached hydrogen (secondary N) is 1. The first-order valence-electron chi connectivity index (χ1n) is 9.42. The molecule has 4 rings (SSSR count). The number of nitro benzene ring substituents is 1. The predicted octanol–water partition coefficient (Wildman–Crippen LogP) is 2.52. The Balaban J connectivity index is 1.50. The number of hydrogen-bond donors (Lipinski definition) is 1. The molecule has 2 heterocycles. The van der Waals surface area contributed by atoms with Crippen LogP contribution in [0.1, 0.15) is 47.8 Å². The zero-order valence-electron chi connectivity index (χ0n) is 15.1. The second kappa shape index (κ2) is 7.48. The first-order valence-corrected chi connectivity index (χ1v) is 9.42. The van der Waals surface area contributed by atoms with Crippen LogP contribution in [0.4, 0.5) is 5.69 Å². The van der Waals surface area contributed by atoms with E-state index in [1.807, 2.05) is 16.9 Å². The number of aromatic nitrogens is 2. The highest BCUT2D eigenvalue weighted by atomic mass is 16.6. The summed E-state index contributed by atoms with van der Waals surface area (Å²) in [5.74, 6) is -0.105. The number of carbonyl (C=O) groups is 1. The molecule has 1 saturated carbocycles. The highest BCUT2D eigenvalue weighted by molar-refractivity contribution is 5.92. The van der Waals surface area contributed by atoms with E-state index in [1.54, 1.807) is 17.0 Å². The molecule has 8 heteroatoms. The SMILES string of the molecule is O=C(c1ccn(C2CCCNC2)n1)N(Cc1cccc([N+](=O)[O-])c1)C1CC1. The molecule has 1 unspecified atom stereocenters. The summed E-state index contributed by atoms with van der Waals surface area (Å²) in [6.45, 7) is 2.26. The Morgan fingerprint density at radius 2 is 2.19 bits per heavy atom. The van der Waals surface area contributed by atoms with Gasteiger partial charge < -0.3 is 10.2 Å². The fourth-order valence-corrected chi connectivity index (χ4v) is 3.58. The number of carbonyl (C=O) groups excluding carboxylic acids is 1. The Hall–Kier alpha value is -2.74. The zero-order valence-corrected chi connectivity index (χ0v) is 15.1. The number of nitrogens with zero attached hydrogens (tertiary/aromatic N) is 4. The van der Waals surface area contributed by atoms with E-state index in [0.29, 0.717) is 12.2 Å². The van der Waals surface area contributed by atoms with E-state index in [9.17, 15) is 14.9 Å². The monoisotopic (exact) mass is 369 g/mol. The molecule has 1 amide bonds. The van der Waals surface area contributed by atoms with Gasteiger partial charge in [0.1, 0.15) is 5.69 Å². The second-order valence-corrected chi connectivity index (χ2v) is 7.27. The van der Waals surface area contributed by atoms with Gasteiger partial charge in [-0.25, -0.2) is 0 Å². The van der Waals surface area contributed by atoms with E-state index in [-0.39, 0.29) is 23.7 Å². The van der Waals surface area contributed by atoms with Crippen LogP contribution < -0.4 is 5.32 Å². The predicted molar refractivity (Wildman–Crippen MR) is 99.4 cm³/mol. The van der Waals surface area contributed by atoms with Crippen molar-refractivity contribution in [3.8, 4) is 0 Å². The van der Waals surface area contributed by atoms with Gasteiger partial charge in [0.05, 0.1) is 11.0 Å². The largest absolute Gasteiger partial charge is 0.330 e. The Morgan fingerprint density at radius 1 is 1.33 bits per heavy atom. The molecule has 1 aromatic heterocycles. The van der Waals surface area contributed by atoms with Crippen LogP contribution in [0.25, 0.3) is 0 Å². The van der Waals surface area contributed by atoms with Crippen molar-refractivity contribution in [3.63, 3.8) is 0 Å². The van der Waals surface area contributed by atoms with Gasteiger partial charge in [0.2, 0.25) is 0 Å². The minimum Gasteiger partial charge on any atom is -0.330 e. The Bertz CT molecular complexity index is 839. The van der Waals surface area contributed by atoms with E-state index in [2.05, 4.69) is 10.4 Å². The van der Waals surface area contributed by atoms with E-state index in [0.717, 1.165) is 44.3 Å². The molecule has 0 radical (unpaired) electrons. The van der Waals surface area contributed by atoms with Gasteiger partial charge in [-0.1, -0.05) is 12.1 Å². The van der Waals surface area contributed by atoms with Crippen LogP contribution in [0.2, 0.25) is 0 Å². The summed E-state index contributed by atoms with van der Waals surface area (Å²) in [6.07, 6.45) is 5.97. The summed E-state index contributed by atoms with van der Waals surface area (Å²) in [4.78, 5) is 25.4. The lowest BCUT2D eigenvalue weighted by Crippen LogP contribution is -2.34. The second-order valence-electron chi connectivity index (χ2n) is 7.27. The molecule has 1 aliphatic heterocycles. The van der Waals surface area contributed by atoms with Crippen LogP contribution in [0.5, 0.6) is 0 Å². The fraction of sp³-hybridized carbons (Fsp3) is 0.474. The zero-order chi connectivity index (χ0) is 18.8. The third-order valence-corrected chi connectivity index (χ3v) is 5.20.